The molecule has 0 aromatic heterocycles. The van der Waals surface area contributed by atoms with Gasteiger partial charge in [-0.1, -0.05) is 6.92 Å². The number of hydrazone groups is 1. The highest BCUT2D eigenvalue weighted by Gasteiger charge is 2.21. The van der Waals surface area contributed by atoms with Crippen molar-refractivity contribution in [3.63, 3.8) is 0 Å². The molecule has 58 valence electrons. The Bertz CT molecular complexity index is 146. The summed E-state index contributed by atoms with van der Waals surface area (Å²) in [6, 6.07) is 0. The van der Waals surface area contributed by atoms with Crippen LogP contribution in [0.4, 0.5) is 0 Å². The summed E-state index contributed by atoms with van der Waals surface area (Å²) < 4.78 is 5.32. The maximum Gasteiger partial charge on any atom is 0.208 e. The quantitative estimate of drug-likeness (QED) is 0.590. The van der Waals surface area contributed by atoms with Crippen LogP contribution in [0.15, 0.2) is 5.10 Å². The standard InChI is InChI=1S/C6H13N3O/c1-3-5-8-9(2)6(4-7)10-5/h6H,3-4,7H2,1-2H3. The average molecular weight is 143 g/mol. The minimum absolute atomic E-state index is 0.0463. The molecule has 0 saturated carbocycles. The molecule has 0 radical (unpaired) electrons. The fourth-order valence-electron chi connectivity index (χ4n) is 0.852. The zero-order valence-corrected chi connectivity index (χ0v) is 6.37. The van der Waals surface area contributed by atoms with E-state index in [1.165, 1.54) is 0 Å². The molecule has 0 fully saturated rings. The van der Waals surface area contributed by atoms with Gasteiger partial charge in [0.2, 0.25) is 12.1 Å². The smallest absolute Gasteiger partial charge is 0.208 e. The average Bonchev–Trinajstić information content (AvgIpc) is 2.30. The van der Waals surface area contributed by atoms with E-state index in [0.717, 1.165) is 12.3 Å². The van der Waals surface area contributed by atoms with Crippen LogP contribution in [0.25, 0.3) is 0 Å². The molecule has 0 bridgehead atoms. The highest BCUT2D eigenvalue weighted by Crippen LogP contribution is 2.09. The minimum atomic E-state index is -0.0463. The van der Waals surface area contributed by atoms with Crippen molar-refractivity contribution in [1.29, 1.82) is 0 Å². The molecule has 1 aliphatic heterocycles. The number of rotatable bonds is 2. The van der Waals surface area contributed by atoms with Crippen LogP contribution in [0.2, 0.25) is 0 Å². The van der Waals surface area contributed by atoms with Crippen molar-refractivity contribution in [2.75, 3.05) is 13.6 Å². The lowest BCUT2D eigenvalue weighted by Crippen LogP contribution is -2.32. The van der Waals surface area contributed by atoms with Crippen molar-refractivity contribution in [1.82, 2.24) is 5.01 Å². The summed E-state index contributed by atoms with van der Waals surface area (Å²) in [5, 5.41) is 5.86. The predicted octanol–water partition coefficient (Wildman–Crippen LogP) is -0.0433. The van der Waals surface area contributed by atoms with Crippen molar-refractivity contribution in [2.24, 2.45) is 10.8 Å². The summed E-state index contributed by atoms with van der Waals surface area (Å²) >= 11 is 0. The molecule has 1 heterocycles. The molecule has 0 aliphatic carbocycles. The molecular formula is C6H13N3O. The first-order chi connectivity index (χ1) is 4.77. The molecule has 1 atom stereocenters. The van der Waals surface area contributed by atoms with Crippen LogP contribution in [0.1, 0.15) is 13.3 Å². The van der Waals surface area contributed by atoms with E-state index < -0.39 is 0 Å². The summed E-state index contributed by atoms with van der Waals surface area (Å²) in [5.74, 6) is 0.776. The van der Waals surface area contributed by atoms with Crippen molar-refractivity contribution < 1.29 is 4.74 Å². The Hall–Kier alpha value is -0.770. The summed E-state index contributed by atoms with van der Waals surface area (Å²) in [5.41, 5.74) is 5.40. The molecule has 0 amide bonds. The van der Waals surface area contributed by atoms with Gasteiger partial charge >= 0.3 is 0 Å². The van der Waals surface area contributed by atoms with Crippen LogP contribution in [0.5, 0.6) is 0 Å². The van der Waals surface area contributed by atoms with E-state index in [2.05, 4.69) is 5.10 Å². The van der Waals surface area contributed by atoms with Gasteiger partial charge in [-0.25, -0.2) is 0 Å². The molecule has 4 heteroatoms. The lowest BCUT2D eigenvalue weighted by atomic mass is 10.5. The van der Waals surface area contributed by atoms with E-state index in [1.54, 1.807) is 5.01 Å². The Balaban J connectivity index is 2.49. The highest BCUT2D eigenvalue weighted by atomic mass is 16.5. The number of nitrogens with zero attached hydrogens (tertiary/aromatic N) is 2. The summed E-state index contributed by atoms with van der Waals surface area (Å²) in [6.07, 6.45) is 0.788. The molecule has 2 N–H and O–H groups in total. The first-order valence-electron chi connectivity index (χ1n) is 3.45. The molecule has 0 aromatic carbocycles. The third kappa shape index (κ3) is 1.21. The van der Waals surface area contributed by atoms with Crippen LogP contribution >= 0.6 is 0 Å². The van der Waals surface area contributed by atoms with E-state index in [-0.39, 0.29) is 6.23 Å². The van der Waals surface area contributed by atoms with Gasteiger partial charge in [-0.3, -0.25) is 5.01 Å². The summed E-state index contributed by atoms with van der Waals surface area (Å²) in [6.45, 7) is 2.50. The first kappa shape index (κ1) is 7.34. The Morgan fingerprint density at radius 2 is 2.50 bits per heavy atom. The fraction of sp³-hybridized carbons (Fsp3) is 0.833. The molecular weight excluding hydrogens is 130 g/mol. The van der Waals surface area contributed by atoms with E-state index in [4.69, 9.17) is 10.5 Å². The largest absolute Gasteiger partial charge is 0.453 e. The number of hydrogen-bond donors (Lipinski definition) is 1. The molecule has 0 aromatic rings. The van der Waals surface area contributed by atoms with Crippen molar-refractivity contribution in [2.45, 2.75) is 19.6 Å². The Kier molecular flexibility index (Phi) is 2.11. The third-order valence-corrected chi connectivity index (χ3v) is 1.46. The van der Waals surface area contributed by atoms with Crippen molar-refractivity contribution >= 4 is 5.90 Å². The van der Waals surface area contributed by atoms with Gasteiger partial charge in [0.1, 0.15) is 0 Å². The fourth-order valence-corrected chi connectivity index (χ4v) is 0.852. The van der Waals surface area contributed by atoms with Gasteiger partial charge in [-0.15, -0.1) is 5.10 Å². The second-order valence-corrected chi connectivity index (χ2v) is 2.23. The molecule has 10 heavy (non-hydrogen) atoms. The van der Waals surface area contributed by atoms with Crippen LogP contribution in [-0.4, -0.2) is 30.7 Å². The third-order valence-electron chi connectivity index (χ3n) is 1.46. The zero-order chi connectivity index (χ0) is 7.56. The van der Waals surface area contributed by atoms with Crippen LogP contribution in [-0.2, 0) is 4.74 Å². The molecule has 1 rings (SSSR count). The number of hydrogen-bond acceptors (Lipinski definition) is 4. The zero-order valence-electron chi connectivity index (χ0n) is 6.37. The van der Waals surface area contributed by atoms with Gasteiger partial charge in [0.15, 0.2) is 0 Å². The maximum absolute atomic E-state index is 5.40. The lowest BCUT2D eigenvalue weighted by Gasteiger charge is -2.14. The Morgan fingerprint density at radius 1 is 1.80 bits per heavy atom. The molecule has 1 aliphatic rings. The SMILES string of the molecule is CCC1=NN(C)C(CN)O1. The molecule has 4 nitrogen and oxygen atoms in total. The van der Waals surface area contributed by atoms with E-state index in [1.807, 2.05) is 14.0 Å². The van der Waals surface area contributed by atoms with Gasteiger partial charge in [0.05, 0.1) is 6.54 Å². The van der Waals surface area contributed by atoms with Crippen LogP contribution < -0.4 is 5.73 Å². The van der Waals surface area contributed by atoms with Gasteiger partial charge in [0.25, 0.3) is 0 Å². The summed E-state index contributed by atoms with van der Waals surface area (Å²) in [4.78, 5) is 0. The summed E-state index contributed by atoms with van der Waals surface area (Å²) in [7, 11) is 1.86. The van der Waals surface area contributed by atoms with E-state index >= 15 is 0 Å². The van der Waals surface area contributed by atoms with Gasteiger partial charge < -0.3 is 10.5 Å². The second-order valence-electron chi connectivity index (χ2n) is 2.23. The van der Waals surface area contributed by atoms with Gasteiger partial charge in [-0.2, -0.15) is 0 Å². The monoisotopic (exact) mass is 143 g/mol. The Morgan fingerprint density at radius 3 is 2.80 bits per heavy atom. The molecule has 0 saturated heterocycles. The second kappa shape index (κ2) is 2.88. The van der Waals surface area contributed by atoms with E-state index in [9.17, 15) is 0 Å². The molecule has 0 spiro atoms. The normalized spacial score (nSPS) is 24.5. The highest BCUT2D eigenvalue weighted by molar-refractivity contribution is 5.76. The van der Waals surface area contributed by atoms with Gasteiger partial charge in [0, 0.05) is 13.5 Å². The van der Waals surface area contributed by atoms with Crippen LogP contribution in [0, 0.1) is 0 Å². The van der Waals surface area contributed by atoms with Gasteiger partial charge in [-0.05, 0) is 0 Å². The predicted molar refractivity (Wildman–Crippen MR) is 39.4 cm³/mol. The van der Waals surface area contributed by atoms with Crippen LogP contribution in [0.3, 0.4) is 0 Å². The van der Waals surface area contributed by atoms with E-state index in [0.29, 0.717) is 6.54 Å². The van der Waals surface area contributed by atoms with Crippen molar-refractivity contribution in [3.05, 3.63) is 0 Å². The number of likely N-dealkylation sites (N-methyl/N-ethyl adjacent to an activating group) is 1. The lowest BCUT2D eigenvalue weighted by molar-refractivity contribution is 0.0843. The molecule has 1 unspecified atom stereocenters. The maximum atomic E-state index is 5.40. The topological polar surface area (TPSA) is 50.8 Å². The van der Waals surface area contributed by atoms with Crippen molar-refractivity contribution in [3.8, 4) is 0 Å². The minimum Gasteiger partial charge on any atom is -0.453 e. The Labute approximate surface area is 60.6 Å². The number of nitrogens with two attached hydrogens (primary N) is 1. The number of ether oxygens (including phenoxy) is 1. The first-order valence-corrected chi connectivity index (χ1v) is 3.45.